The minimum atomic E-state index is -0.364. The summed E-state index contributed by atoms with van der Waals surface area (Å²) in [5.74, 6) is 1.31. The van der Waals surface area contributed by atoms with Crippen molar-refractivity contribution in [2.45, 2.75) is 20.4 Å². The van der Waals surface area contributed by atoms with Gasteiger partial charge in [-0.1, -0.05) is 12.1 Å². The Balaban J connectivity index is 0.00000320. The van der Waals surface area contributed by atoms with Crippen molar-refractivity contribution in [3.8, 4) is 11.6 Å². The number of nitrogens with zero attached hydrogens (tertiary/aromatic N) is 4. The summed E-state index contributed by atoms with van der Waals surface area (Å²) in [6.07, 6.45) is 1.63. The summed E-state index contributed by atoms with van der Waals surface area (Å²) in [6.45, 7) is 7.54. The number of amides is 1. The van der Waals surface area contributed by atoms with Gasteiger partial charge in [0.25, 0.3) is 0 Å². The highest BCUT2D eigenvalue weighted by Crippen LogP contribution is 2.24. The SMILES string of the molecule is CCNC(=NCc1cccnc1Oc1cccc(F)c1)N1CCN(C(C)=O)CC1.I. The third-order valence-corrected chi connectivity index (χ3v) is 4.62. The molecular weight excluding hydrogens is 500 g/mol. The van der Waals surface area contributed by atoms with E-state index < -0.39 is 0 Å². The van der Waals surface area contributed by atoms with Gasteiger partial charge < -0.3 is 19.9 Å². The summed E-state index contributed by atoms with van der Waals surface area (Å²) in [5.41, 5.74) is 0.800. The Bertz CT molecular complexity index is 872. The van der Waals surface area contributed by atoms with Crippen LogP contribution in [-0.4, -0.2) is 59.4 Å². The molecule has 1 aliphatic heterocycles. The molecule has 1 N–H and O–H groups in total. The van der Waals surface area contributed by atoms with Crippen LogP contribution in [0, 0.1) is 5.82 Å². The fraction of sp³-hybridized carbons (Fsp3) is 0.381. The number of rotatable bonds is 5. The Labute approximate surface area is 193 Å². The molecule has 1 amide bonds. The van der Waals surface area contributed by atoms with Crippen molar-refractivity contribution in [1.29, 1.82) is 0 Å². The zero-order chi connectivity index (χ0) is 20.6. The van der Waals surface area contributed by atoms with Gasteiger partial charge >= 0.3 is 0 Å². The van der Waals surface area contributed by atoms with E-state index in [-0.39, 0.29) is 35.7 Å². The highest BCUT2D eigenvalue weighted by Gasteiger charge is 2.21. The average Bonchev–Trinajstić information content (AvgIpc) is 2.72. The van der Waals surface area contributed by atoms with Crippen LogP contribution in [0.25, 0.3) is 0 Å². The molecule has 1 aromatic carbocycles. The molecule has 3 rings (SSSR count). The summed E-state index contributed by atoms with van der Waals surface area (Å²) in [6, 6.07) is 9.67. The second kappa shape index (κ2) is 11.7. The van der Waals surface area contributed by atoms with Crippen molar-refractivity contribution in [3.63, 3.8) is 0 Å². The Kier molecular flexibility index (Phi) is 9.28. The molecule has 9 heteroatoms. The number of nitrogens with one attached hydrogen (secondary N) is 1. The summed E-state index contributed by atoms with van der Waals surface area (Å²) >= 11 is 0. The minimum absolute atomic E-state index is 0. The summed E-state index contributed by atoms with van der Waals surface area (Å²) in [7, 11) is 0. The predicted octanol–water partition coefficient (Wildman–Crippen LogP) is 3.26. The standard InChI is InChI=1S/C21H26FN5O2.HI/c1-3-23-21(27-12-10-26(11-13-27)16(2)28)25-15-17-6-5-9-24-20(17)29-19-8-4-7-18(22)14-19;/h4-9,14H,3,10-13,15H2,1-2H3,(H,23,25);1H. The molecule has 7 nitrogen and oxygen atoms in total. The number of hydrogen-bond acceptors (Lipinski definition) is 4. The van der Waals surface area contributed by atoms with Gasteiger partial charge in [0.15, 0.2) is 5.96 Å². The molecule has 0 radical (unpaired) electrons. The highest BCUT2D eigenvalue weighted by molar-refractivity contribution is 14.0. The van der Waals surface area contributed by atoms with Gasteiger partial charge in [-0.05, 0) is 25.1 Å². The number of hydrogen-bond donors (Lipinski definition) is 1. The molecule has 0 bridgehead atoms. The maximum atomic E-state index is 13.4. The van der Waals surface area contributed by atoms with Gasteiger partial charge in [-0.25, -0.2) is 14.4 Å². The quantitative estimate of drug-likeness (QED) is 0.368. The topological polar surface area (TPSA) is 70.1 Å². The van der Waals surface area contributed by atoms with E-state index in [9.17, 15) is 9.18 Å². The fourth-order valence-corrected chi connectivity index (χ4v) is 3.10. The van der Waals surface area contributed by atoms with Crippen molar-refractivity contribution < 1.29 is 13.9 Å². The van der Waals surface area contributed by atoms with Crippen molar-refractivity contribution in [3.05, 3.63) is 54.0 Å². The van der Waals surface area contributed by atoms with Gasteiger partial charge in [-0.3, -0.25) is 4.79 Å². The van der Waals surface area contributed by atoms with Crippen LogP contribution >= 0.6 is 24.0 Å². The van der Waals surface area contributed by atoms with E-state index in [4.69, 9.17) is 9.73 Å². The number of carbonyl (C=O) groups excluding carboxylic acids is 1. The lowest BCUT2D eigenvalue weighted by atomic mass is 10.2. The van der Waals surface area contributed by atoms with Gasteiger partial charge in [0, 0.05) is 57.5 Å². The number of aromatic nitrogens is 1. The first kappa shape index (κ1) is 23.8. The van der Waals surface area contributed by atoms with Crippen LogP contribution in [-0.2, 0) is 11.3 Å². The number of carbonyl (C=O) groups is 1. The molecule has 2 heterocycles. The van der Waals surface area contributed by atoms with Crippen LogP contribution in [0.2, 0.25) is 0 Å². The molecule has 0 unspecified atom stereocenters. The molecule has 0 saturated carbocycles. The van der Waals surface area contributed by atoms with Crippen LogP contribution < -0.4 is 10.1 Å². The lowest BCUT2D eigenvalue weighted by molar-refractivity contribution is -0.130. The normalized spacial score (nSPS) is 14.2. The third-order valence-electron chi connectivity index (χ3n) is 4.62. The predicted molar refractivity (Wildman–Crippen MR) is 125 cm³/mol. The molecule has 0 spiro atoms. The number of benzene rings is 1. The first-order chi connectivity index (χ1) is 14.1. The number of aliphatic imine (C=N–C) groups is 1. The first-order valence-corrected chi connectivity index (χ1v) is 9.73. The number of piperazine rings is 1. The van der Waals surface area contributed by atoms with Gasteiger partial charge in [0.05, 0.1) is 6.54 Å². The van der Waals surface area contributed by atoms with Gasteiger partial charge in [0.2, 0.25) is 11.8 Å². The van der Waals surface area contributed by atoms with Crippen molar-refractivity contribution in [2.24, 2.45) is 4.99 Å². The largest absolute Gasteiger partial charge is 0.439 e. The Morgan fingerprint density at radius 1 is 1.20 bits per heavy atom. The molecule has 1 saturated heterocycles. The van der Waals surface area contributed by atoms with E-state index in [1.54, 1.807) is 25.3 Å². The van der Waals surface area contributed by atoms with E-state index in [2.05, 4.69) is 15.2 Å². The van der Waals surface area contributed by atoms with E-state index in [0.29, 0.717) is 31.3 Å². The minimum Gasteiger partial charge on any atom is -0.439 e. The van der Waals surface area contributed by atoms with Crippen molar-refractivity contribution in [1.82, 2.24) is 20.1 Å². The molecule has 1 aliphatic rings. The maximum absolute atomic E-state index is 13.4. The number of ether oxygens (including phenoxy) is 1. The van der Waals surface area contributed by atoms with E-state index >= 15 is 0 Å². The van der Waals surface area contributed by atoms with Crippen LogP contribution in [0.4, 0.5) is 4.39 Å². The Morgan fingerprint density at radius 3 is 2.60 bits per heavy atom. The summed E-state index contributed by atoms with van der Waals surface area (Å²) in [4.78, 5) is 24.5. The zero-order valence-corrected chi connectivity index (χ0v) is 19.5. The van der Waals surface area contributed by atoms with Gasteiger partial charge in [-0.15, -0.1) is 24.0 Å². The zero-order valence-electron chi connectivity index (χ0n) is 17.2. The van der Waals surface area contributed by atoms with Crippen LogP contribution in [0.15, 0.2) is 47.6 Å². The van der Waals surface area contributed by atoms with E-state index in [1.807, 2.05) is 24.0 Å². The molecule has 0 atom stereocenters. The fourth-order valence-electron chi connectivity index (χ4n) is 3.10. The average molecular weight is 527 g/mol. The van der Waals surface area contributed by atoms with E-state index in [1.165, 1.54) is 12.1 Å². The van der Waals surface area contributed by atoms with Gasteiger partial charge in [-0.2, -0.15) is 0 Å². The summed E-state index contributed by atoms with van der Waals surface area (Å²) in [5, 5.41) is 3.30. The molecule has 0 aliphatic carbocycles. The molecule has 162 valence electrons. The maximum Gasteiger partial charge on any atom is 0.224 e. The molecule has 30 heavy (non-hydrogen) atoms. The Hall–Kier alpha value is -2.43. The summed E-state index contributed by atoms with van der Waals surface area (Å²) < 4.78 is 19.2. The van der Waals surface area contributed by atoms with E-state index in [0.717, 1.165) is 31.2 Å². The molecule has 1 aromatic heterocycles. The lowest BCUT2D eigenvalue weighted by Gasteiger charge is -2.36. The van der Waals surface area contributed by atoms with Crippen molar-refractivity contribution >= 4 is 35.8 Å². The monoisotopic (exact) mass is 527 g/mol. The van der Waals surface area contributed by atoms with Gasteiger partial charge in [0.1, 0.15) is 11.6 Å². The smallest absolute Gasteiger partial charge is 0.224 e. The lowest BCUT2D eigenvalue weighted by Crippen LogP contribution is -2.53. The molecule has 2 aromatic rings. The van der Waals surface area contributed by atoms with Crippen molar-refractivity contribution in [2.75, 3.05) is 32.7 Å². The second-order valence-electron chi connectivity index (χ2n) is 6.69. The third kappa shape index (κ3) is 6.54. The molecule has 1 fully saturated rings. The van der Waals surface area contributed by atoms with Crippen LogP contribution in [0.1, 0.15) is 19.4 Å². The number of guanidine groups is 1. The second-order valence-corrected chi connectivity index (χ2v) is 6.69. The van der Waals surface area contributed by atoms with Crippen LogP contribution in [0.5, 0.6) is 11.6 Å². The number of halogens is 2. The molecular formula is C21H27FIN5O2. The highest BCUT2D eigenvalue weighted by atomic mass is 127. The Morgan fingerprint density at radius 2 is 1.93 bits per heavy atom. The first-order valence-electron chi connectivity index (χ1n) is 9.73. The number of pyridine rings is 1. The van der Waals surface area contributed by atoms with Crippen LogP contribution in [0.3, 0.4) is 0 Å².